The number of methoxy groups -OCH3 is 1. The van der Waals surface area contributed by atoms with Gasteiger partial charge in [0.05, 0.1) is 31.4 Å². The summed E-state index contributed by atoms with van der Waals surface area (Å²) in [6.45, 7) is 2.62. The quantitative estimate of drug-likeness (QED) is 0.636. The molecule has 2 aliphatic heterocycles. The SMILES string of the molecule is COc1ccc(N2CCN(C(=O)C3CC(O)CN3)C(Cc3ccccc3)C2)cc1OC1CCCC1. The van der Waals surface area contributed by atoms with Crippen LogP contribution < -0.4 is 19.7 Å². The third-order valence-corrected chi connectivity index (χ3v) is 7.59. The number of nitrogens with one attached hydrogen (secondary N) is 1. The zero-order valence-corrected chi connectivity index (χ0v) is 20.6. The number of hydrogen-bond acceptors (Lipinski definition) is 6. The van der Waals surface area contributed by atoms with E-state index < -0.39 is 6.10 Å². The highest BCUT2D eigenvalue weighted by Gasteiger charge is 2.37. The van der Waals surface area contributed by atoms with Crippen LogP contribution in [0.1, 0.15) is 37.7 Å². The molecule has 3 fully saturated rings. The number of carbonyl (C=O) groups excluding carboxylic acids is 1. The lowest BCUT2D eigenvalue weighted by Gasteiger charge is -2.43. The number of nitrogens with zero attached hydrogens (tertiary/aromatic N) is 2. The Balaban J connectivity index is 1.35. The molecule has 0 aromatic heterocycles. The van der Waals surface area contributed by atoms with Crippen LogP contribution in [0.2, 0.25) is 0 Å². The Bertz CT molecular complexity index is 995. The van der Waals surface area contributed by atoms with Crippen LogP contribution in [0.3, 0.4) is 0 Å². The van der Waals surface area contributed by atoms with Crippen LogP contribution in [0.5, 0.6) is 11.5 Å². The minimum Gasteiger partial charge on any atom is -0.493 e. The standard InChI is InChI=1S/C28H37N3O4/c1-34-26-12-11-21(16-27(26)35-24-9-5-6-10-24)30-13-14-31(28(33)25-17-23(32)18-29-25)22(19-30)15-20-7-3-2-4-8-20/h2-4,7-8,11-12,16,22-25,29,32H,5-6,9-10,13-15,17-19H2,1H3. The molecule has 7 heteroatoms. The summed E-state index contributed by atoms with van der Waals surface area (Å²) < 4.78 is 11.9. The molecule has 188 valence electrons. The molecule has 3 aliphatic rings. The summed E-state index contributed by atoms with van der Waals surface area (Å²) in [6, 6.07) is 16.3. The predicted octanol–water partition coefficient (Wildman–Crippen LogP) is 3.00. The Morgan fingerprint density at radius 2 is 1.89 bits per heavy atom. The number of hydrogen-bond donors (Lipinski definition) is 2. The highest BCUT2D eigenvalue weighted by atomic mass is 16.5. The van der Waals surface area contributed by atoms with E-state index >= 15 is 0 Å². The summed E-state index contributed by atoms with van der Waals surface area (Å²) in [5.41, 5.74) is 2.31. The van der Waals surface area contributed by atoms with Gasteiger partial charge >= 0.3 is 0 Å². The minimum absolute atomic E-state index is 0.0412. The van der Waals surface area contributed by atoms with E-state index in [2.05, 4.69) is 34.5 Å². The summed E-state index contributed by atoms with van der Waals surface area (Å²) in [4.78, 5) is 17.8. The van der Waals surface area contributed by atoms with E-state index in [1.807, 2.05) is 29.2 Å². The zero-order valence-electron chi connectivity index (χ0n) is 20.6. The lowest BCUT2D eigenvalue weighted by Crippen LogP contribution is -2.59. The summed E-state index contributed by atoms with van der Waals surface area (Å²) >= 11 is 0. The van der Waals surface area contributed by atoms with Gasteiger partial charge in [-0.3, -0.25) is 4.79 Å². The molecule has 3 atom stereocenters. The molecule has 0 bridgehead atoms. The van der Waals surface area contributed by atoms with E-state index in [-0.39, 0.29) is 24.1 Å². The third-order valence-electron chi connectivity index (χ3n) is 7.59. The zero-order chi connectivity index (χ0) is 24.2. The molecule has 2 aromatic rings. The van der Waals surface area contributed by atoms with Gasteiger partial charge in [0, 0.05) is 37.9 Å². The highest BCUT2D eigenvalue weighted by Crippen LogP contribution is 2.36. The van der Waals surface area contributed by atoms with Gasteiger partial charge in [-0.05, 0) is 56.2 Å². The second-order valence-corrected chi connectivity index (χ2v) is 10.0. The largest absolute Gasteiger partial charge is 0.493 e. The summed E-state index contributed by atoms with van der Waals surface area (Å²) in [6.07, 6.45) is 5.71. The Hall–Kier alpha value is -2.77. The van der Waals surface area contributed by atoms with Gasteiger partial charge < -0.3 is 29.7 Å². The van der Waals surface area contributed by atoms with Crippen LogP contribution >= 0.6 is 0 Å². The number of anilines is 1. The van der Waals surface area contributed by atoms with Gasteiger partial charge in [-0.2, -0.15) is 0 Å². The first-order valence-corrected chi connectivity index (χ1v) is 13.0. The number of benzene rings is 2. The molecule has 0 spiro atoms. The maximum atomic E-state index is 13.4. The van der Waals surface area contributed by atoms with Crippen LogP contribution in [0.15, 0.2) is 48.5 Å². The normalized spacial score (nSPS) is 25.1. The molecule has 2 saturated heterocycles. The van der Waals surface area contributed by atoms with Gasteiger partial charge in [0.25, 0.3) is 0 Å². The molecule has 2 aromatic carbocycles. The number of carbonyl (C=O) groups is 1. The average Bonchev–Trinajstić information content (AvgIpc) is 3.56. The van der Waals surface area contributed by atoms with E-state index in [0.717, 1.165) is 49.5 Å². The fourth-order valence-corrected chi connectivity index (χ4v) is 5.69. The molecule has 7 nitrogen and oxygen atoms in total. The first kappa shape index (κ1) is 23.9. The van der Waals surface area contributed by atoms with Crippen molar-refractivity contribution < 1.29 is 19.4 Å². The maximum absolute atomic E-state index is 13.4. The minimum atomic E-state index is -0.449. The second-order valence-electron chi connectivity index (χ2n) is 10.0. The summed E-state index contributed by atoms with van der Waals surface area (Å²) in [5, 5.41) is 13.1. The van der Waals surface area contributed by atoms with Crippen molar-refractivity contribution in [1.29, 1.82) is 0 Å². The fourth-order valence-electron chi connectivity index (χ4n) is 5.69. The number of ether oxygens (including phenoxy) is 2. The highest BCUT2D eigenvalue weighted by molar-refractivity contribution is 5.83. The molecule has 3 unspecified atom stereocenters. The topological polar surface area (TPSA) is 74.3 Å². The fraction of sp³-hybridized carbons (Fsp3) is 0.536. The molecule has 1 aliphatic carbocycles. The Kier molecular flexibility index (Phi) is 7.44. The van der Waals surface area contributed by atoms with Gasteiger partial charge in [0.15, 0.2) is 11.5 Å². The maximum Gasteiger partial charge on any atom is 0.240 e. The monoisotopic (exact) mass is 479 g/mol. The van der Waals surface area contributed by atoms with E-state index in [1.54, 1.807) is 7.11 Å². The molecule has 5 rings (SSSR count). The van der Waals surface area contributed by atoms with Crippen molar-refractivity contribution in [3.05, 3.63) is 54.1 Å². The molecular weight excluding hydrogens is 442 g/mol. The molecule has 0 radical (unpaired) electrons. The van der Waals surface area contributed by atoms with E-state index in [4.69, 9.17) is 9.47 Å². The molecule has 1 amide bonds. The van der Waals surface area contributed by atoms with Crippen molar-refractivity contribution in [2.45, 2.75) is 62.8 Å². The van der Waals surface area contributed by atoms with Crippen molar-refractivity contribution >= 4 is 11.6 Å². The van der Waals surface area contributed by atoms with E-state index in [0.29, 0.717) is 19.5 Å². The predicted molar refractivity (Wildman–Crippen MR) is 136 cm³/mol. The number of β-amino-alcohol motifs (C(OH)–C–C–N with tert-alkyl or cyclic N) is 1. The van der Waals surface area contributed by atoms with Crippen LogP contribution in [-0.2, 0) is 11.2 Å². The average molecular weight is 480 g/mol. The Morgan fingerprint density at radius 1 is 1.09 bits per heavy atom. The van der Waals surface area contributed by atoms with E-state index in [9.17, 15) is 9.90 Å². The van der Waals surface area contributed by atoms with Crippen molar-refractivity contribution in [1.82, 2.24) is 10.2 Å². The van der Waals surface area contributed by atoms with Crippen molar-refractivity contribution in [3.63, 3.8) is 0 Å². The third kappa shape index (κ3) is 5.57. The van der Waals surface area contributed by atoms with Crippen molar-refractivity contribution in [2.24, 2.45) is 0 Å². The number of amides is 1. The van der Waals surface area contributed by atoms with Crippen LogP contribution in [0.25, 0.3) is 0 Å². The second kappa shape index (κ2) is 10.9. The lowest BCUT2D eigenvalue weighted by molar-refractivity contribution is -0.136. The first-order chi connectivity index (χ1) is 17.1. The Morgan fingerprint density at radius 3 is 2.60 bits per heavy atom. The van der Waals surface area contributed by atoms with Crippen LogP contribution in [-0.4, -0.2) is 73.5 Å². The smallest absolute Gasteiger partial charge is 0.240 e. The van der Waals surface area contributed by atoms with Gasteiger partial charge in [0.2, 0.25) is 5.91 Å². The molecule has 2 heterocycles. The van der Waals surface area contributed by atoms with Gasteiger partial charge in [-0.1, -0.05) is 30.3 Å². The van der Waals surface area contributed by atoms with Crippen molar-refractivity contribution in [3.8, 4) is 11.5 Å². The molecule has 2 N–H and O–H groups in total. The summed E-state index contributed by atoms with van der Waals surface area (Å²) in [5.74, 6) is 1.67. The van der Waals surface area contributed by atoms with Gasteiger partial charge in [-0.15, -0.1) is 0 Å². The molecular formula is C28H37N3O4. The van der Waals surface area contributed by atoms with E-state index in [1.165, 1.54) is 18.4 Å². The molecule has 1 saturated carbocycles. The van der Waals surface area contributed by atoms with Crippen LogP contribution in [0.4, 0.5) is 5.69 Å². The van der Waals surface area contributed by atoms with Gasteiger partial charge in [0.1, 0.15) is 0 Å². The number of aliphatic hydroxyl groups is 1. The Labute approximate surface area is 208 Å². The van der Waals surface area contributed by atoms with Gasteiger partial charge in [-0.25, -0.2) is 0 Å². The number of piperazine rings is 1. The number of aliphatic hydroxyl groups excluding tert-OH is 1. The first-order valence-electron chi connectivity index (χ1n) is 13.0. The van der Waals surface area contributed by atoms with Crippen molar-refractivity contribution in [2.75, 3.05) is 38.2 Å². The summed E-state index contributed by atoms with van der Waals surface area (Å²) in [7, 11) is 1.69. The van der Waals surface area contributed by atoms with Crippen LogP contribution in [0, 0.1) is 0 Å². The lowest BCUT2D eigenvalue weighted by atomic mass is 10.00. The molecule has 35 heavy (non-hydrogen) atoms. The number of rotatable bonds is 7.